The molecule has 96 valence electrons. The number of carbonyl (C=O) groups is 1. The normalized spacial score (nSPS) is 28.4. The molecular formula is C15H18BrNO. The summed E-state index contributed by atoms with van der Waals surface area (Å²) in [6.45, 7) is 0.996. The quantitative estimate of drug-likeness (QED) is 0.833. The maximum atomic E-state index is 11.7. The second-order valence-electron chi connectivity index (χ2n) is 5.48. The van der Waals surface area contributed by atoms with Crippen molar-refractivity contribution in [1.29, 1.82) is 0 Å². The SMILES string of the molecule is O=C1CC2CCCC(C1)N2Cc1ccc(Br)cc1. The summed E-state index contributed by atoms with van der Waals surface area (Å²) in [6.07, 6.45) is 5.22. The van der Waals surface area contributed by atoms with Gasteiger partial charge in [0.2, 0.25) is 0 Å². The Morgan fingerprint density at radius 3 is 2.33 bits per heavy atom. The molecule has 0 amide bonds. The largest absolute Gasteiger partial charge is 0.300 e. The summed E-state index contributed by atoms with van der Waals surface area (Å²) in [7, 11) is 0. The van der Waals surface area contributed by atoms with Crippen LogP contribution in [0.15, 0.2) is 28.7 Å². The van der Waals surface area contributed by atoms with Gasteiger partial charge in [-0.25, -0.2) is 0 Å². The number of fused-ring (bicyclic) bond motifs is 2. The highest BCUT2D eigenvalue weighted by Crippen LogP contribution is 2.33. The second kappa shape index (κ2) is 5.14. The molecule has 3 rings (SSSR count). The highest BCUT2D eigenvalue weighted by Gasteiger charge is 2.37. The maximum Gasteiger partial charge on any atom is 0.136 e. The minimum Gasteiger partial charge on any atom is -0.300 e. The lowest BCUT2D eigenvalue weighted by molar-refractivity contribution is -0.127. The van der Waals surface area contributed by atoms with E-state index in [-0.39, 0.29) is 0 Å². The van der Waals surface area contributed by atoms with Crippen LogP contribution in [0.25, 0.3) is 0 Å². The zero-order valence-electron chi connectivity index (χ0n) is 10.4. The van der Waals surface area contributed by atoms with Crippen molar-refractivity contribution >= 4 is 21.7 Å². The Labute approximate surface area is 116 Å². The van der Waals surface area contributed by atoms with Crippen LogP contribution in [-0.2, 0) is 11.3 Å². The third-order valence-corrected chi connectivity index (χ3v) is 4.75. The predicted molar refractivity (Wildman–Crippen MR) is 75.4 cm³/mol. The number of piperidine rings is 2. The summed E-state index contributed by atoms with van der Waals surface area (Å²) in [5, 5.41) is 0. The first-order valence-corrected chi connectivity index (χ1v) is 7.53. The van der Waals surface area contributed by atoms with E-state index in [4.69, 9.17) is 0 Å². The molecule has 2 aliphatic heterocycles. The molecule has 0 aromatic heterocycles. The number of rotatable bonds is 2. The average Bonchev–Trinajstić information content (AvgIpc) is 2.33. The van der Waals surface area contributed by atoms with Gasteiger partial charge in [0.05, 0.1) is 0 Å². The molecule has 2 atom stereocenters. The summed E-state index contributed by atoms with van der Waals surface area (Å²) in [5.74, 6) is 0.469. The molecule has 0 spiro atoms. The summed E-state index contributed by atoms with van der Waals surface area (Å²) in [4.78, 5) is 14.3. The van der Waals surface area contributed by atoms with Crippen LogP contribution in [-0.4, -0.2) is 22.8 Å². The number of hydrogen-bond acceptors (Lipinski definition) is 2. The van der Waals surface area contributed by atoms with E-state index in [0.717, 1.165) is 23.9 Å². The first kappa shape index (κ1) is 12.4. The molecule has 18 heavy (non-hydrogen) atoms. The third kappa shape index (κ3) is 2.52. The van der Waals surface area contributed by atoms with Gasteiger partial charge >= 0.3 is 0 Å². The summed E-state index contributed by atoms with van der Waals surface area (Å²) < 4.78 is 1.13. The van der Waals surface area contributed by atoms with Crippen LogP contribution in [0, 0.1) is 0 Å². The molecule has 2 bridgehead atoms. The number of Topliss-reactive ketones (excluding diaryl/α,β-unsaturated/α-hetero) is 1. The van der Waals surface area contributed by atoms with Crippen molar-refractivity contribution in [2.24, 2.45) is 0 Å². The van der Waals surface area contributed by atoms with Crippen molar-refractivity contribution < 1.29 is 4.79 Å². The van der Waals surface area contributed by atoms with E-state index in [0.29, 0.717) is 17.9 Å². The molecule has 0 aliphatic carbocycles. The Bertz CT molecular complexity index is 426. The number of nitrogens with zero attached hydrogens (tertiary/aromatic N) is 1. The Kier molecular flexibility index (Phi) is 3.53. The van der Waals surface area contributed by atoms with Crippen LogP contribution >= 0.6 is 15.9 Å². The minimum absolute atomic E-state index is 0.469. The van der Waals surface area contributed by atoms with E-state index in [1.54, 1.807) is 0 Å². The fourth-order valence-electron chi connectivity index (χ4n) is 3.33. The van der Waals surface area contributed by atoms with Crippen LogP contribution < -0.4 is 0 Å². The molecule has 0 N–H and O–H groups in total. The fraction of sp³-hybridized carbons (Fsp3) is 0.533. The molecular weight excluding hydrogens is 290 g/mol. The number of hydrogen-bond donors (Lipinski definition) is 0. The standard InChI is InChI=1S/C15H18BrNO/c16-12-6-4-11(5-7-12)10-17-13-2-1-3-14(17)9-15(18)8-13/h4-7,13-14H,1-3,8-10H2. The van der Waals surface area contributed by atoms with Gasteiger partial charge in [0, 0.05) is 35.9 Å². The summed E-state index contributed by atoms with van der Waals surface area (Å²) in [5.41, 5.74) is 1.35. The van der Waals surface area contributed by atoms with Gasteiger partial charge in [0.1, 0.15) is 5.78 Å². The Morgan fingerprint density at radius 1 is 1.11 bits per heavy atom. The highest BCUT2D eigenvalue weighted by molar-refractivity contribution is 9.10. The lowest BCUT2D eigenvalue weighted by Crippen LogP contribution is -2.51. The van der Waals surface area contributed by atoms with Gasteiger partial charge in [-0.3, -0.25) is 9.69 Å². The van der Waals surface area contributed by atoms with Gasteiger partial charge in [-0.15, -0.1) is 0 Å². The monoisotopic (exact) mass is 307 g/mol. The zero-order chi connectivity index (χ0) is 12.5. The minimum atomic E-state index is 0.469. The van der Waals surface area contributed by atoms with Gasteiger partial charge in [0.15, 0.2) is 0 Å². The zero-order valence-corrected chi connectivity index (χ0v) is 12.0. The molecule has 0 saturated carbocycles. The lowest BCUT2D eigenvalue weighted by Gasteiger charge is -2.45. The van der Waals surface area contributed by atoms with E-state index < -0.39 is 0 Å². The van der Waals surface area contributed by atoms with E-state index >= 15 is 0 Å². The van der Waals surface area contributed by atoms with Crippen LogP contribution in [0.5, 0.6) is 0 Å². The number of halogens is 1. The first-order chi connectivity index (χ1) is 8.72. The van der Waals surface area contributed by atoms with E-state index in [1.807, 2.05) is 0 Å². The maximum absolute atomic E-state index is 11.7. The predicted octanol–water partition coefficient (Wildman–Crippen LogP) is 3.54. The van der Waals surface area contributed by atoms with Crippen molar-refractivity contribution in [3.63, 3.8) is 0 Å². The average molecular weight is 308 g/mol. The first-order valence-electron chi connectivity index (χ1n) is 6.74. The van der Waals surface area contributed by atoms with Crippen molar-refractivity contribution in [2.45, 2.75) is 50.7 Å². The van der Waals surface area contributed by atoms with Gasteiger partial charge in [-0.05, 0) is 30.5 Å². The lowest BCUT2D eigenvalue weighted by atomic mass is 9.83. The molecule has 1 aromatic carbocycles. The number of carbonyl (C=O) groups excluding carboxylic acids is 1. The Hall–Kier alpha value is -0.670. The fourth-order valence-corrected chi connectivity index (χ4v) is 3.59. The Balaban J connectivity index is 1.75. The summed E-state index contributed by atoms with van der Waals surface area (Å²) >= 11 is 3.47. The molecule has 2 heterocycles. The Morgan fingerprint density at radius 2 is 1.72 bits per heavy atom. The van der Waals surface area contributed by atoms with Crippen molar-refractivity contribution in [3.05, 3.63) is 34.3 Å². The number of ketones is 1. The second-order valence-corrected chi connectivity index (χ2v) is 6.40. The molecule has 1 aromatic rings. The van der Waals surface area contributed by atoms with Gasteiger partial charge in [-0.2, -0.15) is 0 Å². The summed E-state index contributed by atoms with van der Waals surface area (Å²) in [6, 6.07) is 9.54. The molecule has 2 nitrogen and oxygen atoms in total. The molecule has 2 unspecified atom stereocenters. The van der Waals surface area contributed by atoms with Gasteiger partial charge in [-0.1, -0.05) is 34.5 Å². The van der Waals surface area contributed by atoms with E-state index in [9.17, 15) is 4.79 Å². The molecule has 2 fully saturated rings. The van der Waals surface area contributed by atoms with Gasteiger partial charge in [0.25, 0.3) is 0 Å². The van der Waals surface area contributed by atoms with Gasteiger partial charge < -0.3 is 0 Å². The highest BCUT2D eigenvalue weighted by atomic mass is 79.9. The smallest absolute Gasteiger partial charge is 0.136 e. The third-order valence-electron chi connectivity index (χ3n) is 4.22. The molecule has 0 radical (unpaired) electrons. The van der Waals surface area contributed by atoms with E-state index in [1.165, 1.54) is 24.8 Å². The molecule has 3 heteroatoms. The van der Waals surface area contributed by atoms with Crippen molar-refractivity contribution in [2.75, 3.05) is 0 Å². The molecule has 2 saturated heterocycles. The van der Waals surface area contributed by atoms with Crippen molar-refractivity contribution in [3.8, 4) is 0 Å². The number of benzene rings is 1. The van der Waals surface area contributed by atoms with Crippen LogP contribution in [0.4, 0.5) is 0 Å². The van der Waals surface area contributed by atoms with Crippen LogP contribution in [0.1, 0.15) is 37.7 Å². The topological polar surface area (TPSA) is 20.3 Å². The van der Waals surface area contributed by atoms with Crippen LogP contribution in [0.2, 0.25) is 0 Å². The van der Waals surface area contributed by atoms with Crippen molar-refractivity contribution in [1.82, 2.24) is 4.90 Å². The van der Waals surface area contributed by atoms with Crippen LogP contribution in [0.3, 0.4) is 0 Å². The van der Waals surface area contributed by atoms with E-state index in [2.05, 4.69) is 45.1 Å². The molecule has 2 aliphatic rings.